The van der Waals surface area contributed by atoms with Crippen LogP contribution >= 0.6 is 0 Å². The summed E-state index contributed by atoms with van der Waals surface area (Å²) < 4.78 is 6.55. The van der Waals surface area contributed by atoms with Gasteiger partial charge in [0.25, 0.3) is 0 Å². The number of aromatic nitrogens is 3. The molecule has 4 nitrogen and oxygen atoms in total. The van der Waals surface area contributed by atoms with Crippen molar-refractivity contribution in [3.05, 3.63) is 187 Å². The summed E-state index contributed by atoms with van der Waals surface area (Å²) in [7, 11) is 0. The number of ether oxygens (including phenoxy) is 1. The number of hydrogen-bond donors (Lipinski definition) is 0. The summed E-state index contributed by atoms with van der Waals surface area (Å²) in [5.74, 6) is 2.71. The summed E-state index contributed by atoms with van der Waals surface area (Å²) >= 11 is 0. The Morgan fingerprint density at radius 3 is 1.98 bits per heavy atom. The fourth-order valence-electron chi connectivity index (χ4n) is 7.33. The molecule has 1 aromatic heterocycles. The van der Waals surface area contributed by atoms with Crippen LogP contribution in [0.1, 0.15) is 17.3 Å². The number of hydrogen-bond acceptors (Lipinski definition) is 4. The summed E-state index contributed by atoms with van der Waals surface area (Å²) in [4.78, 5) is 15.4. The van der Waals surface area contributed by atoms with E-state index in [-0.39, 0.29) is 12.0 Å². The zero-order valence-corrected chi connectivity index (χ0v) is 27.5. The summed E-state index contributed by atoms with van der Waals surface area (Å²) in [6.07, 6.45) is 6.17. The Kier molecular flexibility index (Phi) is 6.82. The van der Waals surface area contributed by atoms with Crippen LogP contribution in [0.3, 0.4) is 0 Å². The predicted octanol–water partition coefficient (Wildman–Crippen LogP) is 10.9. The molecule has 0 N–H and O–H groups in total. The molecule has 7 aromatic carbocycles. The summed E-state index contributed by atoms with van der Waals surface area (Å²) in [5, 5.41) is 4.37. The lowest BCUT2D eigenvalue weighted by Crippen LogP contribution is -2.20. The summed E-state index contributed by atoms with van der Waals surface area (Å²) in [6, 6.07) is 56.9. The average Bonchev–Trinajstić information content (AvgIpc) is 3.59. The van der Waals surface area contributed by atoms with Crippen molar-refractivity contribution in [2.45, 2.75) is 12.0 Å². The van der Waals surface area contributed by atoms with E-state index in [9.17, 15) is 0 Å². The first-order valence-electron chi connectivity index (χ1n) is 17.2. The first-order valence-corrected chi connectivity index (χ1v) is 17.2. The minimum Gasteiger partial charge on any atom is -0.485 e. The lowest BCUT2D eigenvalue weighted by Gasteiger charge is -2.22. The minimum absolute atomic E-state index is 0.0741. The van der Waals surface area contributed by atoms with Crippen LogP contribution < -0.4 is 4.74 Å². The molecule has 238 valence electrons. The van der Waals surface area contributed by atoms with Crippen molar-refractivity contribution in [3.63, 3.8) is 0 Å². The summed E-state index contributed by atoms with van der Waals surface area (Å²) in [5.41, 5.74) is 8.70. The second kappa shape index (κ2) is 11.9. The van der Waals surface area contributed by atoms with Crippen LogP contribution in [0.2, 0.25) is 0 Å². The molecule has 1 aliphatic heterocycles. The van der Waals surface area contributed by atoms with Gasteiger partial charge in [0.2, 0.25) is 0 Å². The number of fused-ring (bicyclic) bond motifs is 5. The molecule has 0 fully saturated rings. The molecule has 0 saturated carbocycles. The zero-order valence-electron chi connectivity index (χ0n) is 27.5. The molecule has 0 spiro atoms. The molecule has 4 heteroatoms. The third-order valence-corrected chi connectivity index (χ3v) is 9.94. The van der Waals surface area contributed by atoms with Gasteiger partial charge < -0.3 is 4.74 Å². The van der Waals surface area contributed by atoms with Crippen LogP contribution in [-0.4, -0.2) is 21.1 Å². The highest BCUT2D eigenvalue weighted by molar-refractivity contribution is 5.88. The smallest absolute Gasteiger partial charge is 0.164 e. The zero-order chi connectivity index (χ0) is 33.7. The SMILES string of the molecule is c1ccc2cc(-c3nc(C4=CC=CC5Oc6ccc(-c7ccc(-c8ccccc8)cc7)cc6C45)nc(-c4ccc5ccccc5c4)n3)ccc2c#1. The first-order chi connectivity index (χ1) is 25.2. The average molecular weight is 652 g/mol. The molecule has 0 bridgehead atoms. The Balaban J connectivity index is 1.08. The molecular formula is C47H29N3O. The Morgan fingerprint density at radius 2 is 1.16 bits per heavy atom. The van der Waals surface area contributed by atoms with Gasteiger partial charge >= 0.3 is 0 Å². The van der Waals surface area contributed by atoms with Crippen molar-refractivity contribution in [2.75, 3.05) is 0 Å². The van der Waals surface area contributed by atoms with E-state index in [1.54, 1.807) is 0 Å². The first kappa shape index (κ1) is 29.1. The largest absolute Gasteiger partial charge is 0.485 e. The highest BCUT2D eigenvalue weighted by Gasteiger charge is 2.39. The van der Waals surface area contributed by atoms with Crippen molar-refractivity contribution < 1.29 is 4.74 Å². The Hall–Kier alpha value is -6.83. The van der Waals surface area contributed by atoms with Crippen molar-refractivity contribution >= 4 is 27.1 Å². The quantitative estimate of drug-likeness (QED) is 0.186. The van der Waals surface area contributed by atoms with Gasteiger partial charge in [-0.1, -0.05) is 121 Å². The number of nitrogens with zero attached hydrogens (tertiary/aromatic N) is 3. The van der Waals surface area contributed by atoms with Crippen LogP contribution in [0.25, 0.3) is 72.1 Å². The molecule has 2 unspecified atom stereocenters. The molecule has 0 saturated heterocycles. The third kappa shape index (κ3) is 5.24. The van der Waals surface area contributed by atoms with Gasteiger partial charge in [-0.25, -0.2) is 15.0 Å². The van der Waals surface area contributed by atoms with E-state index in [1.807, 2.05) is 24.3 Å². The van der Waals surface area contributed by atoms with Crippen molar-refractivity contribution in [2.24, 2.45) is 0 Å². The minimum atomic E-state index is -0.160. The van der Waals surface area contributed by atoms with Gasteiger partial charge in [-0.2, -0.15) is 0 Å². The molecule has 1 aliphatic carbocycles. The molecule has 10 rings (SSSR count). The normalized spacial score (nSPS) is 15.9. The molecule has 2 aliphatic rings. The van der Waals surface area contributed by atoms with Gasteiger partial charge in [0.15, 0.2) is 17.5 Å². The summed E-state index contributed by atoms with van der Waals surface area (Å²) in [6.45, 7) is 0. The van der Waals surface area contributed by atoms with E-state index in [0.717, 1.165) is 55.3 Å². The Bertz CT molecular complexity index is 2580. The fourth-order valence-corrected chi connectivity index (χ4v) is 7.33. The van der Waals surface area contributed by atoms with Crippen LogP contribution in [0.5, 0.6) is 5.75 Å². The van der Waals surface area contributed by atoms with Gasteiger partial charge in [-0.05, 0) is 93.0 Å². The van der Waals surface area contributed by atoms with Crippen LogP contribution in [0.4, 0.5) is 0 Å². The molecule has 2 atom stereocenters. The topological polar surface area (TPSA) is 47.9 Å². The second-order valence-electron chi connectivity index (χ2n) is 13.0. The van der Waals surface area contributed by atoms with E-state index < -0.39 is 0 Å². The van der Waals surface area contributed by atoms with Crippen molar-refractivity contribution in [1.29, 1.82) is 0 Å². The standard InChI is InChI=1S/C47H29N3O/c1-2-9-30(10-3-1)33-17-19-34(20-18-33)37-25-26-42-41(29-37)44-40(15-8-16-43(44)51-42)47-49-45(38-23-21-31-11-4-6-13-35(31)27-38)48-46(50-47)39-24-22-32-12-5-7-14-36(32)28-39/h1-4,6-11,13-29,43-44H. The molecule has 8 aromatic rings. The highest BCUT2D eigenvalue weighted by atomic mass is 16.5. The Morgan fingerprint density at radius 1 is 0.510 bits per heavy atom. The van der Waals surface area contributed by atoms with E-state index in [1.165, 1.54) is 16.5 Å². The lowest BCUT2D eigenvalue weighted by atomic mass is 9.83. The van der Waals surface area contributed by atoms with Crippen LogP contribution in [0, 0.1) is 12.1 Å². The maximum atomic E-state index is 6.55. The van der Waals surface area contributed by atoms with Gasteiger partial charge in [0.1, 0.15) is 11.9 Å². The van der Waals surface area contributed by atoms with Crippen LogP contribution in [-0.2, 0) is 0 Å². The van der Waals surface area contributed by atoms with E-state index in [0.29, 0.717) is 17.5 Å². The van der Waals surface area contributed by atoms with Gasteiger partial charge in [-0.3, -0.25) is 0 Å². The molecule has 0 amide bonds. The highest BCUT2D eigenvalue weighted by Crippen LogP contribution is 2.49. The van der Waals surface area contributed by atoms with E-state index in [2.05, 4.69) is 152 Å². The molecule has 51 heavy (non-hydrogen) atoms. The van der Waals surface area contributed by atoms with Gasteiger partial charge in [-0.15, -0.1) is 0 Å². The Labute approximate surface area is 296 Å². The van der Waals surface area contributed by atoms with Crippen LogP contribution in [0.15, 0.2) is 164 Å². The lowest BCUT2D eigenvalue weighted by molar-refractivity contribution is 0.271. The van der Waals surface area contributed by atoms with Crippen molar-refractivity contribution in [3.8, 4) is 50.8 Å². The molecule has 2 heterocycles. The van der Waals surface area contributed by atoms with E-state index in [4.69, 9.17) is 19.7 Å². The molecular weight excluding hydrogens is 623 g/mol. The number of allylic oxidation sites excluding steroid dienone is 2. The number of rotatable bonds is 5. The fraction of sp³-hybridized carbons (Fsp3) is 0.0426. The maximum absolute atomic E-state index is 6.55. The third-order valence-electron chi connectivity index (χ3n) is 9.94. The monoisotopic (exact) mass is 651 g/mol. The molecule has 0 radical (unpaired) electrons. The number of benzene rings is 6. The van der Waals surface area contributed by atoms with Crippen molar-refractivity contribution in [1.82, 2.24) is 15.0 Å². The second-order valence-corrected chi connectivity index (χ2v) is 13.0. The van der Waals surface area contributed by atoms with Gasteiger partial charge in [0, 0.05) is 27.6 Å². The van der Waals surface area contributed by atoms with E-state index >= 15 is 0 Å². The van der Waals surface area contributed by atoms with Gasteiger partial charge in [0.05, 0.1) is 5.92 Å². The maximum Gasteiger partial charge on any atom is 0.164 e. The predicted molar refractivity (Wildman–Crippen MR) is 205 cm³/mol.